The second kappa shape index (κ2) is 4.14. The molecule has 0 aromatic carbocycles. The molecule has 0 N–H and O–H groups in total. The SMILES string of the molecule is CN(C)S(=O)(=O)c1ccc(C(C)(C)C)nc1. The molecule has 4 nitrogen and oxygen atoms in total. The molecular weight excluding hydrogens is 224 g/mol. The Labute approximate surface area is 97.4 Å². The highest BCUT2D eigenvalue weighted by atomic mass is 32.2. The predicted octanol–water partition coefficient (Wildman–Crippen LogP) is 1.63. The lowest BCUT2D eigenvalue weighted by Crippen LogP contribution is -2.23. The van der Waals surface area contributed by atoms with Crippen LogP contribution in [0.4, 0.5) is 0 Å². The van der Waals surface area contributed by atoms with Crippen LogP contribution in [0, 0.1) is 0 Å². The van der Waals surface area contributed by atoms with E-state index in [9.17, 15) is 8.42 Å². The van der Waals surface area contributed by atoms with Crippen molar-refractivity contribution in [3.05, 3.63) is 24.0 Å². The fourth-order valence-electron chi connectivity index (χ4n) is 1.19. The molecule has 1 aromatic rings. The molecule has 5 heteroatoms. The lowest BCUT2D eigenvalue weighted by atomic mass is 9.92. The number of sulfonamides is 1. The Morgan fingerprint density at radius 2 is 1.75 bits per heavy atom. The zero-order valence-corrected chi connectivity index (χ0v) is 11.2. The third-order valence-corrected chi connectivity index (χ3v) is 4.08. The van der Waals surface area contributed by atoms with Gasteiger partial charge in [-0.15, -0.1) is 0 Å². The Morgan fingerprint density at radius 1 is 1.19 bits per heavy atom. The molecular formula is C11H18N2O2S. The van der Waals surface area contributed by atoms with Crippen LogP contribution in [-0.4, -0.2) is 31.8 Å². The summed E-state index contributed by atoms with van der Waals surface area (Å²) in [5.74, 6) is 0. The maximum atomic E-state index is 11.8. The van der Waals surface area contributed by atoms with E-state index in [0.29, 0.717) is 0 Å². The average molecular weight is 242 g/mol. The molecule has 0 radical (unpaired) electrons. The van der Waals surface area contributed by atoms with Gasteiger partial charge in [0.2, 0.25) is 10.0 Å². The van der Waals surface area contributed by atoms with E-state index < -0.39 is 10.0 Å². The fraction of sp³-hybridized carbons (Fsp3) is 0.545. The lowest BCUT2D eigenvalue weighted by Gasteiger charge is -2.18. The first kappa shape index (κ1) is 13.1. The summed E-state index contributed by atoms with van der Waals surface area (Å²) in [6.45, 7) is 6.11. The maximum Gasteiger partial charge on any atom is 0.244 e. The van der Waals surface area contributed by atoms with E-state index in [1.165, 1.54) is 24.6 Å². The second-order valence-corrected chi connectivity index (χ2v) is 7.07. The van der Waals surface area contributed by atoms with Crippen molar-refractivity contribution in [2.75, 3.05) is 14.1 Å². The van der Waals surface area contributed by atoms with Crippen molar-refractivity contribution in [1.29, 1.82) is 0 Å². The largest absolute Gasteiger partial charge is 0.259 e. The van der Waals surface area contributed by atoms with Gasteiger partial charge >= 0.3 is 0 Å². The maximum absolute atomic E-state index is 11.8. The van der Waals surface area contributed by atoms with Crippen LogP contribution in [0.1, 0.15) is 26.5 Å². The molecule has 0 spiro atoms. The molecule has 1 heterocycles. The molecule has 1 aromatic heterocycles. The first-order valence-electron chi connectivity index (χ1n) is 5.05. The summed E-state index contributed by atoms with van der Waals surface area (Å²) in [7, 11) is -0.354. The summed E-state index contributed by atoms with van der Waals surface area (Å²) in [5.41, 5.74) is 0.811. The topological polar surface area (TPSA) is 50.3 Å². The Kier molecular flexibility index (Phi) is 3.40. The van der Waals surface area contributed by atoms with Crippen LogP contribution in [0.5, 0.6) is 0 Å². The Balaban J connectivity index is 3.15. The van der Waals surface area contributed by atoms with Crippen molar-refractivity contribution >= 4 is 10.0 Å². The highest BCUT2D eigenvalue weighted by molar-refractivity contribution is 7.89. The highest BCUT2D eigenvalue weighted by Crippen LogP contribution is 2.21. The third-order valence-electron chi connectivity index (χ3n) is 2.28. The summed E-state index contributed by atoms with van der Waals surface area (Å²) in [4.78, 5) is 4.42. The van der Waals surface area contributed by atoms with Crippen LogP contribution < -0.4 is 0 Å². The molecule has 0 aliphatic rings. The number of nitrogens with zero attached hydrogens (tertiary/aromatic N) is 2. The molecule has 0 unspecified atom stereocenters. The van der Waals surface area contributed by atoms with Crippen LogP contribution >= 0.6 is 0 Å². The normalized spacial score (nSPS) is 13.1. The highest BCUT2D eigenvalue weighted by Gasteiger charge is 2.20. The minimum absolute atomic E-state index is 0.0690. The first-order valence-corrected chi connectivity index (χ1v) is 6.49. The summed E-state index contributed by atoms with van der Waals surface area (Å²) in [6.07, 6.45) is 1.41. The minimum atomic E-state index is -3.37. The van der Waals surface area contributed by atoms with Gasteiger partial charge in [-0.05, 0) is 12.1 Å². The van der Waals surface area contributed by atoms with E-state index in [-0.39, 0.29) is 10.3 Å². The van der Waals surface area contributed by atoms with E-state index in [1.807, 2.05) is 20.8 Å². The smallest absolute Gasteiger partial charge is 0.244 e. The van der Waals surface area contributed by atoms with E-state index in [0.717, 1.165) is 5.69 Å². The lowest BCUT2D eigenvalue weighted by molar-refractivity contribution is 0.519. The van der Waals surface area contributed by atoms with Gasteiger partial charge in [0.25, 0.3) is 0 Å². The van der Waals surface area contributed by atoms with Crippen LogP contribution in [0.3, 0.4) is 0 Å². The van der Waals surface area contributed by atoms with E-state index in [4.69, 9.17) is 0 Å². The molecule has 16 heavy (non-hydrogen) atoms. The van der Waals surface area contributed by atoms with Crippen molar-refractivity contribution in [1.82, 2.24) is 9.29 Å². The van der Waals surface area contributed by atoms with Crippen molar-refractivity contribution in [2.45, 2.75) is 31.1 Å². The standard InChI is InChI=1S/C11H18N2O2S/c1-11(2,3)10-7-6-9(8-12-10)16(14,15)13(4)5/h6-8H,1-5H3. The fourth-order valence-corrected chi connectivity index (χ4v) is 2.03. The number of pyridine rings is 1. The van der Waals surface area contributed by atoms with Gasteiger partial charge in [0.05, 0.1) is 0 Å². The zero-order chi connectivity index (χ0) is 12.6. The Bertz CT molecular complexity index is 456. The van der Waals surface area contributed by atoms with E-state index in [1.54, 1.807) is 12.1 Å². The Morgan fingerprint density at radius 3 is 2.06 bits per heavy atom. The van der Waals surface area contributed by atoms with Crippen molar-refractivity contribution in [3.8, 4) is 0 Å². The van der Waals surface area contributed by atoms with Gasteiger partial charge in [0, 0.05) is 31.4 Å². The van der Waals surface area contributed by atoms with Crippen LogP contribution in [0.25, 0.3) is 0 Å². The number of hydrogen-bond donors (Lipinski definition) is 0. The molecule has 0 amide bonds. The summed E-state index contributed by atoms with van der Waals surface area (Å²) in [5, 5.41) is 0. The van der Waals surface area contributed by atoms with Gasteiger partial charge in [-0.1, -0.05) is 20.8 Å². The quantitative estimate of drug-likeness (QED) is 0.792. The molecule has 0 saturated carbocycles. The van der Waals surface area contributed by atoms with Gasteiger partial charge in [0.1, 0.15) is 4.90 Å². The number of aromatic nitrogens is 1. The molecule has 0 bridgehead atoms. The Hall–Kier alpha value is -0.940. The summed E-state index contributed by atoms with van der Waals surface area (Å²) in [6, 6.07) is 3.36. The third kappa shape index (κ3) is 2.59. The summed E-state index contributed by atoms with van der Waals surface area (Å²) < 4.78 is 24.7. The minimum Gasteiger partial charge on any atom is -0.259 e. The second-order valence-electron chi connectivity index (χ2n) is 4.92. The predicted molar refractivity (Wildman–Crippen MR) is 63.8 cm³/mol. The number of hydrogen-bond acceptors (Lipinski definition) is 3. The monoisotopic (exact) mass is 242 g/mol. The van der Waals surface area contributed by atoms with Gasteiger partial charge in [0.15, 0.2) is 0 Å². The van der Waals surface area contributed by atoms with Crippen molar-refractivity contribution < 1.29 is 8.42 Å². The van der Waals surface area contributed by atoms with Gasteiger partial charge in [-0.3, -0.25) is 4.98 Å². The molecule has 1 rings (SSSR count). The van der Waals surface area contributed by atoms with Crippen LogP contribution in [0.2, 0.25) is 0 Å². The molecule has 0 saturated heterocycles. The van der Waals surface area contributed by atoms with E-state index >= 15 is 0 Å². The molecule has 0 aliphatic heterocycles. The van der Waals surface area contributed by atoms with Crippen LogP contribution in [0.15, 0.2) is 23.2 Å². The molecule has 0 atom stereocenters. The van der Waals surface area contributed by atoms with Gasteiger partial charge < -0.3 is 0 Å². The number of rotatable bonds is 2. The zero-order valence-electron chi connectivity index (χ0n) is 10.4. The molecule has 0 fully saturated rings. The first-order chi connectivity index (χ1) is 7.15. The van der Waals surface area contributed by atoms with Crippen LogP contribution in [-0.2, 0) is 15.4 Å². The van der Waals surface area contributed by atoms with Crippen molar-refractivity contribution in [3.63, 3.8) is 0 Å². The van der Waals surface area contributed by atoms with Gasteiger partial charge in [-0.2, -0.15) is 0 Å². The van der Waals surface area contributed by atoms with E-state index in [2.05, 4.69) is 4.98 Å². The van der Waals surface area contributed by atoms with Gasteiger partial charge in [-0.25, -0.2) is 12.7 Å². The molecule has 90 valence electrons. The summed E-state index contributed by atoms with van der Waals surface area (Å²) >= 11 is 0. The average Bonchev–Trinajstić information content (AvgIpc) is 2.16. The molecule has 0 aliphatic carbocycles. The van der Waals surface area contributed by atoms with Crippen molar-refractivity contribution in [2.24, 2.45) is 0 Å².